The Hall–Kier alpha value is -1.59. The summed E-state index contributed by atoms with van der Waals surface area (Å²) in [5.74, 6) is 0.149. The van der Waals surface area contributed by atoms with E-state index in [-0.39, 0.29) is 12.7 Å². The maximum atomic E-state index is 11.2. The lowest BCUT2D eigenvalue weighted by Gasteiger charge is -2.25. The number of para-hydroxylation sites is 1. The zero-order chi connectivity index (χ0) is 14.5. The number of amides is 1. The molecule has 0 saturated heterocycles. The molecule has 1 aromatic rings. The number of nitrogens with two attached hydrogens (primary N) is 2. The molecule has 0 heterocycles. The fourth-order valence-electron chi connectivity index (χ4n) is 1.90. The fourth-order valence-corrected chi connectivity index (χ4v) is 1.90. The van der Waals surface area contributed by atoms with E-state index in [0.717, 1.165) is 5.56 Å². The average molecular weight is 266 g/mol. The molecule has 0 aromatic heterocycles. The second-order valence-electron chi connectivity index (χ2n) is 5.00. The summed E-state index contributed by atoms with van der Waals surface area (Å²) >= 11 is 0. The molecule has 106 valence electrons. The molecule has 0 radical (unpaired) electrons. The zero-order valence-electron chi connectivity index (χ0n) is 11.4. The highest BCUT2D eigenvalue weighted by molar-refractivity contribution is 5.83. The minimum Gasteiger partial charge on any atom is -0.490 e. The molecule has 0 aliphatic rings. The Bertz CT molecular complexity index is 432. The fraction of sp³-hybridized carbons (Fsp3) is 0.500. The molecule has 1 amide bonds. The van der Waals surface area contributed by atoms with E-state index < -0.39 is 11.4 Å². The van der Waals surface area contributed by atoms with Crippen molar-refractivity contribution in [1.82, 2.24) is 0 Å². The van der Waals surface area contributed by atoms with E-state index in [1.807, 2.05) is 31.2 Å². The Morgan fingerprint density at radius 2 is 2.11 bits per heavy atom. The van der Waals surface area contributed by atoms with E-state index in [9.17, 15) is 4.79 Å². The van der Waals surface area contributed by atoms with Crippen LogP contribution in [-0.2, 0) is 11.2 Å². The molecule has 5 heteroatoms. The summed E-state index contributed by atoms with van der Waals surface area (Å²) in [4.78, 5) is 11.2. The van der Waals surface area contributed by atoms with Crippen molar-refractivity contribution >= 4 is 5.91 Å². The molecule has 1 rings (SSSR count). The number of hydrogen-bond acceptors (Lipinski definition) is 4. The van der Waals surface area contributed by atoms with Crippen LogP contribution in [0.5, 0.6) is 5.75 Å². The summed E-state index contributed by atoms with van der Waals surface area (Å²) in [6, 6.07) is 7.48. The number of rotatable bonds is 7. The number of benzene rings is 1. The van der Waals surface area contributed by atoms with E-state index in [1.165, 1.54) is 0 Å². The first-order valence-corrected chi connectivity index (χ1v) is 6.31. The van der Waals surface area contributed by atoms with Gasteiger partial charge in [-0.2, -0.15) is 0 Å². The van der Waals surface area contributed by atoms with Gasteiger partial charge in [0.25, 0.3) is 0 Å². The maximum absolute atomic E-state index is 11.2. The lowest BCUT2D eigenvalue weighted by molar-refractivity contribution is -0.123. The Morgan fingerprint density at radius 1 is 1.47 bits per heavy atom. The number of hydrogen-bond donors (Lipinski definition) is 3. The van der Waals surface area contributed by atoms with E-state index in [1.54, 1.807) is 6.92 Å². The Kier molecular flexibility index (Phi) is 5.32. The van der Waals surface area contributed by atoms with Crippen LogP contribution in [0.25, 0.3) is 0 Å². The molecule has 0 saturated carbocycles. The number of carbonyl (C=O) groups is 1. The second-order valence-corrected chi connectivity index (χ2v) is 5.00. The molecule has 0 aliphatic carbocycles. The summed E-state index contributed by atoms with van der Waals surface area (Å²) in [5, 5.41) is 9.00. The van der Waals surface area contributed by atoms with Gasteiger partial charge in [-0.25, -0.2) is 0 Å². The molecule has 19 heavy (non-hydrogen) atoms. The topological polar surface area (TPSA) is 98.6 Å². The van der Waals surface area contributed by atoms with Gasteiger partial charge in [-0.1, -0.05) is 18.2 Å². The van der Waals surface area contributed by atoms with E-state index in [2.05, 4.69) is 0 Å². The van der Waals surface area contributed by atoms with Crippen LogP contribution in [0.4, 0.5) is 0 Å². The summed E-state index contributed by atoms with van der Waals surface area (Å²) in [6.45, 7) is 3.49. The van der Waals surface area contributed by atoms with Crippen LogP contribution < -0.4 is 16.2 Å². The highest BCUT2D eigenvalue weighted by atomic mass is 16.5. The van der Waals surface area contributed by atoms with E-state index in [4.69, 9.17) is 21.3 Å². The minimum atomic E-state index is -1.09. The van der Waals surface area contributed by atoms with Crippen molar-refractivity contribution in [3.8, 4) is 5.75 Å². The van der Waals surface area contributed by atoms with Crippen LogP contribution in [-0.4, -0.2) is 29.3 Å². The van der Waals surface area contributed by atoms with Crippen molar-refractivity contribution in [2.24, 2.45) is 11.5 Å². The van der Waals surface area contributed by atoms with Crippen molar-refractivity contribution in [1.29, 1.82) is 0 Å². The normalized spacial score (nSPS) is 15.6. The Labute approximate surface area is 113 Å². The van der Waals surface area contributed by atoms with Crippen LogP contribution in [0.3, 0.4) is 0 Å². The molecule has 5 nitrogen and oxygen atoms in total. The number of primary amides is 1. The quantitative estimate of drug-likeness (QED) is 0.672. The molecule has 0 bridgehead atoms. The third-order valence-corrected chi connectivity index (χ3v) is 2.96. The third-order valence-electron chi connectivity index (χ3n) is 2.96. The van der Waals surface area contributed by atoms with Crippen molar-refractivity contribution in [3.63, 3.8) is 0 Å². The molecule has 1 aromatic carbocycles. The second kappa shape index (κ2) is 6.54. The van der Waals surface area contributed by atoms with E-state index in [0.29, 0.717) is 18.6 Å². The monoisotopic (exact) mass is 266 g/mol. The average Bonchev–Trinajstić information content (AvgIpc) is 2.31. The van der Waals surface area contributed by atoms with Gasteiger partial charge in [0.2, 0.25) is 5.91 Å². The zero-order valence-corrected chi connectivity index (χ0v) is 11.4. The summed E-state index contributed by atoms with van der Waals surface area (Å²) in [6.07, 6.45) is 0.608. The predicted octanol–water partition coefficient (Wildman–Crippen LogP) is 0.582. The summed E-state index contributed by atoms with van der Waals surface area (Å²) in [7, 11) is 0. The first-order chi connectivity index (χ1) is 8.86. The molecule has 0 fully saturated rings. The number of carbonyl (C=O) groups excluding carboxylic acids is 1. The van der Waals surface area contributed by atoms with Gasteiger partial charge in [-0.05, 0) is 31.9 Å². The van der Waals surface area contributed by atoms with Crippen molar-refractivity contribution in [2.45, 2.75) is 38.3 Å². The number of aliphatic hydroxyl groups is 1. The maximum Gasteiger partial charge on any atom is 0.237 e. The molecular formula is C14H22N2O3. The molecular weight excluding hydrogens is 244 g/mol. The van der Waals surface area contributed by atoms with Gasteiger partial charge in [-0.3, -0.25) is 4.79 Å². The minimum absolute atomic E-state index is 0.0602. The lowest BCUT2D eigenvalue weighted by Crippen LogP contribution is -2.51. The highest BCUT2D eigenvalue weighted by Gasteiger charge is 2.28. The molecule has 2 atom stereocenters. The SMILES string of the molecule is CC(CC(C)(N)C(N)=O)Oc1ccccc1CCO. The Morgan fingerprint density at radius 3 is 2.68 bits per heavy atom. The van der Waals surface area contributed by atoms with Gasteiger partial charge in [0.1, 0.15) is 5.75 Å². The Balaban J connectivity index is 2.72. The highest BCUT2D eigenvalue weighted by Crippen LogP contribution is 2.22. The number of aliphatic hydroxyl groups excluding tert-OH is 1. The van der Waals surface area contributed by atoms with Gasteiger partial charge < -0.3 is 21.3 Å². The van der Waals surface area contributed by atoms with Crippen LogP contribution in [0, 0.1) is 0 Å². The number of ether oxygens (including phenoxy) is 1. The predicted molar refractivity (Wildman–Crippen MR) is 73.7 cm³/mol. The molecule has 0 aliphatic heterocycles. The van der Waals surface area contributed by atoms with Gasteiger partial charge in [0.05, 0.1) is 11.6 Å². The third kappa shape index (κ3) is 4.54. The van der Waals surface area contributed by atoms with Gasteiger partial charge in [0, 0.05) is 13.0 Å². The van der Waals surface area contributed by atoms with Crippen molar-refractivity contribution in [3.05, 3.63) is 29.8 Å². The standard InChI is InChI=1S/C14H22N2O3/c1-10(9-14(2,16)13(15)18)19-12-6-4-3-5-11(12)7-8-17/h3-6,10,17H,7-9,16H2,1-2H3,(H2,15,18). The van der Waals surface area contributed by atoms with Crippen molar-refractivity contribution in [2.75, 3.05) is 6.61 Å². The molecule has 0 spiro atoms. The van der Waals surface area contributed by atoms with Gasteiger partial charge in [-0.15, -0.1) is 0 Å². The smallest absolute Gasteiger partial charge is 0.237 e. The van der Waals surface area contributed by atoms with Gasteiger partial charge >= 0.3 is 0 Å². The van der Waals surface area contributed by atoms with E-state index >= 15 is 0 Å². The van der Waals surface area contributed by atoms with Crippen LogP contribution in [0.2, 0.25) is 0 Å². The van der Waals surface area contributed by atoms with Crippen LogP contribution in [0.1, 0.15) is 25.8 Å². The molecule has 2 unspecified atom stereocenters. The largest absolute Gasteiger partial charge is 0.490 e. The van der Waals surface area contributed by atoms with Crippen LogP contribution in [0.15, 0.2) is 24.3 Å². The molecule has 5 N–H and O–H groups in total. The summed E-state index contributed by atoms with van der Waals surface area (Å²) in [5.41, 5.74) is 10.9. The lowest BCUT2D eigenvalue weighted by atomic mass is 9.95. The van der Waals surface area contributed by atoms with Crippen molar-refractivity contribution < 1.29 is 14.6 Å². The van der Waals surface area contributed by atoms with Crippen LogP contribution >= 0.6 is 0 Å². The summed E-state index contributed by atoms with van der Waals surface area (Å²) < 4.78 is 5.79. The first kappa shape index (κ1) is 15.5. The van der Waals surface area contributed by atoms with Gasteiger partial charge in [0.15, 0.2) is 0 Å². The first-order valence-electron chi connectivity index (χ1n) is 6.31.